The van der Waals surface area contributed by atoms with Crippen molar-refractivity contribution in [3.63, 3.8) is 0 Å². The van der Waals surface area contributed by atoms with E-state index in [1.54, 1.807) is 0 Å². The lowest BCUT2D eigenvalue weighted by atomic mass is 9.97. The Hall–Kier alpha value is -4.28. The number of nitrogens with two attached hydrogens (primary N) is 1. The monoisotopic (exact) mass is 433 g/mol. The van der Waals surface area contributed by atoms with Gasteiger partial charge in [0.25, 0.3) is 5.69 Å². The average molecular weight is 433 g/mol. The smallest absolute Gasteiger partial charge is 0.269 e. The van der Waals surface area contributed by atoms with Crippen LogP contribution in [-0.4, -0.2) is 21.4 Å². The van der Waals surface area contributed by atoms with E-state index in [1.807, 2.05) is 12.1 Å². The molecule has 2 N–H and O–H groups in total. The zero-order chi connectivity index (χ0) is 22.5. The summed E-state index contributed by atoms with van der Waals surface area (Å²) >= 11 is 0.954. The molecule has 152 valence electrons. The molecule has 3 rings (SSSR count). The number of pyridine rings is 1. The quantitative estimate of drug-likeness (QED) is 0.264. The van der Waals surface area contributed by atoms with Crippen molar-refractivity contribution in [1.29, 1.82) is 10.5 Å². The summed E-state index contributed by atoms with van der Waals surface area (Å²) in [6.45, 7) is 0. The molecule has 10 heteroatoms. The van der Waals surface area contributed by atoms with Crippen molar-refractivity contribution < 1.29 is 14.1 Å². The third kappa shape index (κ3) is 4.50. The predicted molar refractivity (Wildman–Crippen MR) is 112 cm³/mol. The maximum Gasteiger partial charge on any atom is 0.269 e. The number of nitriles is 2. The lowest BCUT2D eigenvalue weighted by molar-refractivity contribution is -0.384. The summed E-state index contributed by atoms with van der Waals surface area (Å²) in [5, 5.41) is 30.3. The standard InChI is InChI=1S/C21H12FN5O3S/c22-14-5-1-12(2-6-14)18(28)11-31-21-17(10-24)19(16(9-23)20(25)26-21)13-3-7-15(8-4-13)27(29)30/h1-8H,11H2,(H2,25,26). The van der Waals surface area contributed by atoms with E-state index in [0.29, 0.717) is 11.1 Å². The summed E-state index contributed by atoms with van der Waals surface area (Å²) < 4.78 is 13.1. The van der Waals surface area contributed by atoms with Crippen LogP contribution in [0, 0.1) is 38.6 Å². The highest BCUT2D eigenvalue weighted by Gasteiger charge is 2.22. The van der Waals surface area contributed by atoms with Crippen molar-refractivity contribution in [3.8, 4) is 23.3 Å². The maximum atomic E-state index is 13.1. The molecule has 0 saturated heterocycles. The van der Waals surface area contributed by atoms with E-state index >= 15 is 0 Å². The molecule has 0 spiro atoms. The molecule has 2 aromatic carbocycles. The Balaban J connectivity index is 2.01. The summed E-state index contributed by atoms with van der Waals surface area (Å²) in [5.74, 6) is -1.01. The first kappa shape index (κ1) is 21.4. The van der Waals surface area contributed by atoms with Gasteiger partial charge in [-0.05, 0) is 42.0 Å². The number of ketones is 1. The lowest BCUT2D eigenvalue weighted by Crippen LogP contribution is -2.06. The Morgan fingerprint density at radius 3 is 2.26 bits per heavy atom. The topological polar surface area (TPSA) is 147 Å². The first-order chi connectivity index (χ1) is 14.8. The van der Waals surface area contributed by atoms with Crippen LogP contribution in [0.2, 0.25) is 0 Å². The highest BCUT2D eigenvalue weighted by molar-refractivity contribution is 8.00. The third-order valence-electron chi connectivity index (χ3n) is 4.29. The lowest BCUT2D eigenvalue weighted by Gasteiger charge is -2.12. The fraction of sp³-hybridized carbons (Fsp3) is 0.0476. The Morgan fingerprint density at radius 2 is 1.71 bits per heavy atom. The molecule has 3 aromatic rings. The number of nitrogens with zero attached hydrogens (tertiary/aromatic N) is 4. The van der Waals surface area contributed by atoms with Crippen LogP contribution in [0.25, 0.3) is 11.1 Å². The highest BCUT2D eigenvalue weighted by atomic mass is 32.2. The van der Waals surface area contributed by atoms with Crippen molar-refractivity contribution in [2.24, 2.45) is 0 Å². The van der Waals surface area contributed by atoms with E-state index in [1.165, 1.54) is 48.5 Å². The van der Waals surface area contributed by atoms with Gasteiger partial charge in [-0.3, -0.25) is 14.9 Å². The first-order valence-corrected chi connectivity index (χ1v) is 9.64. The Kier molecular flexibility index (Phi) is 6.24. The number of carbonyl (C=O) groups is 1. The van der Waals surface area contributed by atoms with Crippen molar-refractivity contribution in [2.45, 2.75) is 5.03 Å². The molecule has 1 heterocycles. The number of hydrogen-bond acceptors (Lipinski definition) is 8. The number of carbonyl (C=O) groups excluding carboxylic acids is 1. The van der Waals surface area contributed by atoms with Crippen LogP contribution in [0.15, 0.2) is 53.6 Å². The Labute approximate surface area is 179 Å². The van der Waals surface area contributed by atoms with Crippen LogP contribution < -0.4 is 5.73 Å². The average Bonchev–Trinajstić information content (AvgIpc) is 2.77. The number of Topliss-reactive ketones (excluding diaryl/α,β-unsaturated/α-hetero) is 1. The molecule has 0 fully saturated rings. The van der Waals surface area contributed by atoms with Crippen LogP contribution in [0.1, 0.15) is 21.5 Å². The predicted octanol–water partition coefficient (Wildman–Crippen LogP) is 4.10. The van der Waals surface area contributed by atoms with E-state index in [-0.39, 0.29) is 44.8 Å². The van der Waals surface area contributed by atoms with E-state index in [9.17, 15) is 29.8 Å². The number of aromatic nitrogens is 1. The van der Waals surface area contributed by atoms with Crippen molar-refractivity contribution >= 4 is 29.1 Å². The van der Waals surface area contributed by atoms with Crippen LogP contribution in [-0.2, 0) is 0 Å². The molecule has 0 saturated carbocycles. The molecule has 0 unspecified atom stereocenters. The van der Waals surface area contributed by atoms with E-state index < -0.39 is 10.7 Å². The minimum Gasteiger partial charge on any atom is -0.383 e. The molecule has 0 aliphatic rings. The van der Waals surface area contributed by atoms with Crippen LogP contribution in [0.3, 0.4) is 0 Å². The number of anilines is 1. The highest BCUT2D eigenvalue weighted by Crippen LogP contribution is 2.36. The zero-order valence-electron chi connectivity index (χ0n) is 15.7. The number of nitro groups is 1. The molecule has 0 amide bonds. The molecule has 1 aromatic heterocycles. The summed E-state index contributed by atoms with van der Waals surface area (Å²) in [7, 11) is 0. The van der Waals surface area contributed by atoms with Crippen LogP contribution in [0.4, 0.5) is 15.9 Å². The molecular formula is C21H12FN5O3S. The summed E-state index contributed by atoms with van der Waals surface area (Å²) in [6, 6.07) is 14.3. The molecule has 0 aliphatic heterocycles. The second kappa shape index (κ2) is 9.03. The maximum absolute atomic E-state index is 13.1. The van der Waals surface area contributed by atoms with E-state index in [4.69, 9.17) is 5.73 Å². The van der Waals surface area contributed by atoms with E-state index in [0.717, 1.165) is 11.8 Å². The molecule has 0 radical (unpaired) electrons. The van der Waals surface area contributed by atoms with E-state index in [2.05, 4.69) is 4.98 Å². The number of nitro benzene ring substituents is 1. The van der Waals surface area contributed by atoms with Gasteiger partial charge in [-0.1, -0.05) is 11.8 Å². The number of non-ortho nitro benzene ring substituents is 1. The first-order valence-electron chi connectivity index (χ1n) is 8.65. The zero-order valence-corrected chi connectivity index (χ0v) is 16.5. The van der Waals surface area contributed by atoms with Gasteiger partial charge in [-0.2, -0.15) is 10.5 Å². The van der Waals surface area contributed by atoms with Crippen molar-refractivity contribution in [1.82, 2.24) is 4.98 Å². The largest absolute Gasteiger partial charge is 0.383 e. The van der Waals surface area contributed by atoms with Gasteiger partial charge in [0.05, 0.1) is 16.2 Å². The Morgan fingerprint density at radius 1 is 1.10 bits per heavy atom. The van der Waals surface area contributed by atoms with Gasteiger partial charge in [-0.25, -0.2) is 9.37 Å². The van der Waals surface area contributed by atoms with Gasteiger partial charge in [0.2, 0.25) is 0 Å². The number of benzene rings is 2. The van der Waals surface area contributed by atoms with Gasteiger partial charge >= 0.3 is 0 Å². The molecule has 8 nitrogen and oxygen atoms in total. The van der Waals surface area contributed by atoms with Gasteiger partial charge in [0.1, 0.15) is 34.4 Å². The van der Waals surface area contributed by atoms with Crippen molar-refractivity contribution in [3.05, 3.63) is 81.2 Å². The minimum absolute atomic E-state index is 0.0245. The third-order valence-corrected chi connectivity index (χ3v) is 5.26. The number of thioether (sulfide) groups is 1. The second-order valence-electron chi connectivity index (χ2n) is 6.17. The van der Waals surface area contributed by atoms with Gasteiger partial charge in [-0.15, -0.1) is 0 Å². The molecular weight excluding hydrogens is 421 g/mol. The normalized spacial score (nSPS) is 10.2. The fourth-order valence-corrected chi connectivity index (χ4v) is 3.68. The number of hydrogen-bond donors (Lipinski definition) is 1. The summed E-state index contributed by atoms with van der Waals surface area (Å²) in [5.41, 5.74) is 6.60. The van der Waals surface area contributed by atoms with Crippen LogP contribution in [0.5, 0.6) is 0 Å². The molecule has 31 heavy (non-hydrogen) atoms. The van der Waals surface area contributed by atoms with Gasteiger partial charge in [0, 0.05) is 23.3 Å². The number of nitrogen functional groups attached to an aromatic ring is 1. The summed E-state index contributed by atoms with van der Waals surface area (Å²) in [6.07, 6.45) is 0. The van der Waals surface area contributed by atoms with Gasteiger partial charge in [0.15, 0.2) is 5.78 Å². The summed E-state index contributed by atoms with van der Waals surface area (Å²) in [4.78, 5) is 26.8. The SMILES string of the molecule is N#Cc1c(N)nc(SCC(=O)c2ccc(F)cc2)c(C#N)c1-c1ccc([N+](=O)[O-])cc1. The molecule has 0 atom stereocenters. The minimum atomic E-state index is -0.566. The Bertz CT molecular complexity index is 1260. The number of halogens is 1. The fourth-order valence-electron chi connectivity index (χ4n) is 2.79. The molecule has 0 bridgehead atoms. The number of rotatable bonds is 6. The van der Waals surface area contributed by atoms with Gasteiger partial charge < -0.3 is 5.73 Å². The van der Waals surface area contributed by atoms with Crippen LogP contribution >= 0.6 is 11.8 Å². The second-order valence-corrected chi connectivity index (χ2v) is 7.14. The molecule has 0 aliphatic carbocycles. The van der Waals surface area contributed by atoms with Crippen molar-refractivity contribution in [2.75, 3.05) is 11.5 Å².